The van der Waals surface area contributed by atoms with Gasteiger partial charge in [-0.1, -0.05) is 0 Å². The summed E-state index contributed by atoms with van der Waals surface area (Å²) < 4.78 is 19.5. The number of ether oxygens (including phenoxy) is 1. The molecule has 2 N–H and O–H groups in total. The maximum absolute atomic E-state index is 14.2. The summed E-state index contributed by atoms with van der Waals surface area (Å²) in [7, 11) is 0. The lowest BCUT2D eigenvalue weighted by Crippen LogP contribution is -2.36. The first-order chi connectivity index (χ1) is 11.1. The minimum atomic E-state index is -0.414. The number of benzene rings is 1. The van der Waals surface area contributed by atoms with E-state index in [9.17, 15) is 9.18 Å². The van der Waals surface area contributed by atoms with Crippen LogP contribution in [-0.2, 0) is 14.4 Å². The van der Waals surface area contributed by atoms with Crippen molar-refractivity contribution in [3.05, 3.63) is 24.0 Å². The number of alkyl halides is 1. The number of carbonyl (C=O) groups is 1. The predicted molar refractivity (Wildman–Crippen MR) is 87.3 cm³/mol. The Bertz CT molecular complexity index is 527. The second-order valence-electron chi connectivity index (χ2n) is 5.20. The highest BCUT2D eigenvalue weighted by atomic mass is 35.5. The summed E-state index contributed by atoms with van der Waals surface area (Å²) in [4.78, 5) is 18.2. The summed E-state index contributed by atoms with van der Waals surface area (Å²) in [5.74, 6) is -0.295. The minimum absolute atomic E-state index is 0.162. The Balaban J connectivity index is 1.90. The van der Waals surface area contributed by atoms with Gasteiger partial charge in [0.15, 0.2) is 0 Å². The fourth-order valence-corrected chi connectivity index (χ4v) is 2.34. The molecule has 1 aliphatic rings. The van der Waals surface area contributed by atoms with Crippen LogP contribution in [0.15, 0.2) is 18.2 Å². The van der Waals surface area contributed by atoms with E-state index in [1.807, 2.05) is 4.90 Å². The third-order valence-corrected chi connectivity index (χ3v) is 3.74. The highest BCUT2D eigenvalue weighted by Crippen LogP contribution is 2.23. The number of anilines is 2. The summed E-state index contributed by atoms with van der Waals surface area (Å²) in [6.45, 7) is 4.24. The van der Waals surface area contributed by atoms with Crippen LogP contribution in [0, 0.1) is 5.82 Å². The van der Waals surface area contributed by atoms with Crippen LogP contribution < -0.4 is 15.7 Å². The molecular weight excluding hydrogens is 325 g/mol. The van der Waals surface area contributed by atoms with Crippen LogP contribution in [0.1, 0.15) is 6.92 Å². The van der Waals surface area contributed by atoms with Gasteiger partial charge in [-0.05, 0) is 12.1 Å². The number of nitrogens with zero attached hydrogens (tertiary/aromatic N) is 1. The SMILES string of the molecule is CC(=O)NCC(CCl)ONc1ccc(N2CCOCC2)c(F)c1. The number of amides is 1. The lowest BCUT2D eigenvalue weighted by molar-refractivity contribution is -0.119. The van der Waals surface area contributed by atoms with Crippen molar-refractivity contribution in [2.45, 2.75) is 13.0 Å². The standard InChI is InChI=1S/C15H21ClFN3O3/c1-11(21)18-10-13(9-16)23-19-12-2-3-15(14(17)8-12)20-4-6-22-7-5-20/h2-3,8,13,19H,4-7,9-10H2,1H3,(H,18,21). The van der Waals surface area contributed by atoms with Crippen molar-refractivity contribution in [1.82, 2.24) is 5.32 Å². The first-order valence-corrected chi connectivity index (χ1v) is 7.98. The molecule has 0 bridgehead atoms. The summed E-state index contributed by atoms with van der Waals surface area (Å²) >= 11 is 5.77. The minimum Gasteiger partial charge on any atom is -0.378 e. The predicted octanol–water partition coefficient (Wildman–Crippen LogP) is 1.75. The zero-order chi connectivity index (χ0) is 16.7. The van der Waals surface area contributed by atoms with Crippen molar-refractivity contribution in [3.63, 3.8) is 0 Å². The van der Waals surface area contributed by atoms with Crippen LogP contribution in [0.2, 0.25) is 0 Å². The van der Waals surface area contributed by atoms with Crippen LogP contribution in [-0.4, -0.2) is 50.7 Å². The first kappa shape index (κ1) is 17.8. The van der Waals surface area contributed by atoms with E-state index in [0.717, 1.165) is 0 Å². The van der Waals surface area contributed by atoms with Crippen LogP contribution in [0.3, 0.4) is 0 Å². The average molecular weight is 346 g/mol. The van der Waals surface area contributed by atoms with Gasteiger partial charge >= 0.3 is 0 Å². The number of nitrogens with one attached hydrogen (secondary N) is 2. The van der Waals surface area contributed by atoms with Gasteiger partial charge < -0.3 is 15.0 Å². The lowest BCUT2D eigenvalue weighted by atomic mass is 10.2. The zero-order valence-electron chi connectivity index (χ0n) is 13.0. The van der Waals surface area contributed by atoms with Crippen LogP contribution in [0.25, 0.3) is 0 Å². The molecule has 2 rings (SSSR count). The molecule has 1 unspecified atom stereocenters. The topological polar surface area (TPSA) is 62.8 Å². The van der Waals surface area contributed by atoms with Crippen LogP contribution >= 0.6 is 11.6 Å². The fourth-order valence-electron chi connectivity index (χ4n) is 2.17. The monoisotopic (exact) mass is 345 g/mol. The average Bonchev–Trinajstić information content (AvgIpc) is 2.55. The van der Waals surface area contributed by atoms with Gasteiger partial charge in [-0.2, -0.15) is 0 Å². The van der Waals surface area contributed by atoms with E-state index in [0.29, 0.717) is 37.7 Å². The third-order valence-electron chi connectivity index (χ3n) is 3.39. The zero-order valence-corrected chi connectivity index (χ0v) is 13.7. The van der Waals surface area contributed by atoms with Crippen LogP contribution in [0.5, 0.6) is 0 Å². The van der Waals surface area contributed by atoms with Crippen molar-refractivity contribution in [2.24, 2.45) is 0 Å². The van der Waals surface area contributed by atoms with Crippen LogP contribution in [0.4, 0.5) is 15.8 Å². The van der Waals surface area contributed by atoms with Gasteiger partial charge in [0.25, 0.3) is 0 Å². The lowest BCUT2D eigenvalue weighted by Gasteiger charge is -2.29. The molecule has 6 nitrogen and oxygen atoms in total. The number of hydrogen-bond acceptors (Lipinski definition) is 5. The van der Waals surface area contributed by atoms with E-state index >= 15 is 0 Å². The summed E-state index contributed by atoms with van der Waals surface area (Å²) in [5.41, 5.74) is 3.70. The molecular formula is C15H21ClFN3O3. The largest absolute Gasteiger partial charge is 0.378 e. The Morgan fingerprint density at radius 3 is 2.83 bits per heavy atom. The molecule has 1 aromatic carbocycles. The number of halogens is 2. The van der Waals surface area contributed by atoms with Gasteiger partial charge in [-0.15, -0.1) is 11.6 Å². The number of carbonyl (C=O) groups excluding carboxylic acids is 1. The second kappa shape index (κ2) is 8.90. The molecule has 1 aromatic rings. The quantitative estimate of drug-likeness (QED) is 0.582. The smallest absolute Gasteiger partial charge is 0.216 e. The number of hydrogen-bond donors (Lipinski definition) is 2. The summed E-state index contributed by atoms with van der Waals surface area (Å²) in [6, 6.07) is 4.81. The number of morpholine rings is 1. The Morgan fingerprint density at radius 2 is 2.22 bits per heavy atom. The molecule has 8 heteroatoms. The maximum Gasteiger partial charge on any atom is 0.216 e. The second-order valence-corrected chi connectivity index (χ2v) is 5.51. The highest BCUT2D eigenvalue weighted by molar-refractivity contribution is 6.18. The first-order valence-electron chi connectivity index (χ1n) is 7.44. The van der Waals surface area contributed by atoms with Gasteiger partial charge in [-0.3, -0.25) is 15.1 Å². The molecule has 0 radical (unpaired) electrons. The fraction of sp³-hybridized carbons (Fsp3) is 0.533. The maximum atomic E-state index is 14.2. The van der Waals surface area contributed by atoms with Gasteiger partial charge in [0.05, 0.1) is 30.5 Å². The van der Waals surface area contributed by atoms with E-state index < -0.39 is 6.10 Å². The molecule has 1 fully saturated rings. The highest BCUT2D eigenvalue weighted by Gasteiger charge is 2.16. The van der Waals surface area contributed by atoms with Crippen molar-refractivity contribution < 1.29 is 18.8 Å². The molecule has 1 atom stereocenters. The molecule has 0 aliphatic carbocycles. The van der Waals surface area contributed by atoms with E-state index in [2.05, 4.69) is 10.8 Å². The van der Waals surface area contributed by atoms with Crippen molar-refractivity contribution in [3.8, 4) is 0 Å². The third kappa shape index (κ3) is 5.53. The molecule has 1 saturated heterocycles. The Hall–Kier alpha value is -1.57. The van der Waals surface area contributed by atoms with Crippen molar-refractivity contribution in [2.75, 3.05) is 49.1 Å². The normalized spacial score (nSPS) is 16.0. The molecule has 1 heterocycles. The molecule has 0 spiro atoms. The number of rotatable bonds is 7. The van der Waals surface area contributed by atoms with Gasteiger partial charge in [-0.25, -0.2) is 4.39 Å². The Morgan fingerprint density at radius 1 is 1.48 bits per heavy atom. The van der Waals surface area contributed by atoms with E-state index in [-0.39, 0.29) is 24.1 Å². The van der Waals surface area contributed by atoms with Crippen molar-refractivity contribution >= 4 is 28.9 Å². The molecule has 0 aromatic heterocycles. The van der Waals surface area contributed by atoms with Crippen molar-refractivity contribution in [1.29, 1.82) is 0 Å². The molecule has 128 valence electrons. The molecule has 23 heavy (non-hydrogen) atoms. The Labute approximate surface area is 139 Å². The summed E-state index contributed by atoms with van der Waals surface area (Å²) in [6.07, 6.45) is -0.414. The molecule has 0 saturated carbocycles. The van der Waals surface area contributed by atoms with Gasteiger partial charge in [0, 0.05) is 32.6 Å². The van der Waals surface area contributed by atoms with E-state index in [1.165, 1.54) is 13.0 Å². The Kier molecular flexibility index (Phi) is 6.88. The van der Waals surface area contributed by atoms with E-state index in [1.54, 1.807) is 12.1 Å². The molecule has 1 amide bonds. The molecule has 1 aliphatic heterocycles. The van der Waals surface area contributed by atoms with E-state index in [4.69, 9.17) is 21.2 Å². The van der Waals surface area contributed by atoms with Gasteiger partial charge in [0.2, 0.25) is 5.91 Å². The summed E-state index contributed by atoms with van der Waals surface area (Å²) in [5, 5.41) is 2.62. The van der Waals surface area contributed by atoms with Gasteiger partial charge in [0.1, 0.15) is 11.9 Å².